The van der Waals surface area contributed by atoms with Crippen LogP contribution in [0, 0.1) is 0 Å². The lowest BCUT2D eigenvalue weighted by Gasteiger charge is -2.19. The minimum Gasteiger partial charge on any atom is -0.480 e. The third-order valence-electron chi connectivity index (χ3n) is 3.16. The Morgan fingerprint density at radius 2 is 2.26 bits per heavy atom. The van der Waals surface area contributed by atoms with Crippen LogP contribution in [0.4, 0.5) is 11.4 Å². The van der Waals surface area contributed by atoms with Crippen molar-refractivity contribution < 1.29 is 14.7 Å². The van der Waals surface area contributed by atoms with Gasteiger partial charge in [-0.15, -0.1) is 0 Å². The quantitative estimate of drug-likeness (QED) is 0.626. The lowest BCUT2D eigenvalue weighted by Crippen LogP contribution is -2.39. The molecular formula is C13H17N3O3. The number of carboxylic acids is 1. The minimum absolute atomic E-state index is 0.0364. The summed E-state index contributed by atoms with van der Waals surface area (Å²) < 4.78 is 0. The van der Waals surface area contributed by atoms with E-state index < -0.39 is 12.0 Å². The van der Waals surface area contributed by atoms with Gasteiger partial charge in [0.1, 0.15) is 6.04 Å². The van der Waals surface area contributed by atoms with E-state index in [-0.39, 0.29) is 5.91 Å². The van der Waals surface area contributed by atoms with Gasteiger partial charge in [-0.25, -0.2) is 0 Å². The molecule has 0 bridgehead atoms. The number of carboxylic acid groups (broad SMARTS) is 1. The summed E-state index contributed by atoms with van der Waals surface area (Å²) in [5.74, 6) is -0.852. The molecule has 0 aromatic heterocycles. The Bertz CT molecular complexity index is 502. The summed E-state index contributed by atoms with van der Waals surface area (Å²) >= 11 is 0. The zero-order valence-corrected chi connectivity index (χ0v) is 10.7. The van der Waals surface area contributed by atoms with Crippen molar-refractivity contribution in [1.29, 1.82) is 0 Å². The van der Waals surface area contributed by atoms with E-state index in [4.69, 9.17) is 5.11 Å². The Hall–Kier alpha value is -2.08. The highest BCUT2D eigenvalue weighted by Crippen LogP contribution is 2.25. The molecule has 0 radical (unpaired) electrons. The standard InChI is InChI=1S/C13H17N3O3/c1-14-11(13(18)19)7-15-9-3-4-10-8(6-9)2-5-12(17)16-10/h3-4,6,11,14-15H,2,5,7H2,1H3,(H,16,17)(H,18,19). The molecule has 1 amide bonds. The zero-order chi connectivity index (χ0) is 13.8. The van der Waals surface area contributed by atoms with Crippen LogP contribution in [0.2, 0.25) is 0 Å². The van der Waals surface area contributed by atoms with Crippen molar-refractivity contribution in [3.8, 4) is 0 Å². The van der Waals surface area contributed by atoms with Crippen molar-refractivity contribution in [2.24, 2.45) is 0 Å². The molecule has 1 unspecified atom stereocenters. The van der Waals surface area contributed by atoms with Crippen LogP contribution in [0.15, 0.2) is 18.2 Å². The lowest BCUT2D eigenvalue weighted by molar-refractivity contribution is -0.138. The number of rotatable bonds is 5. The van der Waals surface area contributed by atoms with Crippen molar-refractivity contribution in [3.63, 3.8) is 0 Å². The third kappa shape index (κ3) is 3.23. The first kappa shape index (κ1) is 13.4. The van der Waals surface area contributed by atoms with Gasteiger partial charge < -0.3 is 21.1 Å². The van der Waals surface area contributed by atoms with Crippen molar-refractivity contribution in [2.45, 2.75) is 18.9 Å². The number of carbonyl (C=O) groups excluding carboxylic acids is 1. The molecule has 1 aliphatic rings. The Morgan fingerprint density at radius 1 is 1.47 bits per heavy atom. The van der Waals surface area contributed by atoms with Crippen LogP contribution < -0.4 is 16.0 Å². The summed E-state index contributed by atoms with van der Waals surface area (Å²) in [4.78, 5) is 22.1. The second-order valence-electron chi connectivity index (χ2n) is 4.48. The van der Waals surface area contributed by atoms with Gasteiger partial charge in [0, 0.05) is 24.3 Å². The van der Waals surface area contributed by atoms with Crippen molar-refractivity contribution in [2.75, 3.05) is 24.2 Å². The van der Waals surface area contributed by atoms with Crippen molar-refractivity contribution in [3.05, 3.63) is 23.8 Å². The van der Waals surface area contributed by atoms with E-state index in [0.717, 1.165) is 16.9 Å². The number of fused-ring (bicyclic) bond motifs is 1. The van der Waals surface area contributed by atoms with E-state index in [0.29, 0.717) is 19.4 Å². The number of likely N-dealkylation sites (N-methyl/N-ethyl adjacent to an activating group) is 1. The van der Waals surface area contributed by atoms with Gasteiger partial charge in [0.25, 0.3) is 0 Å². The summed E-state index contributed by atoms with van der Waals surface area (Å²) in [5, 5.41) is 17.5. The minimum atomic E-state index is -0.889. The molecule has 1 aromatic carbocycles. The molecule has 1 aliphatic heterocycles. The average molecular weight is 263 g/mol. The molecule has 102 valence electrons. The summed E-state index contributed by atoms with van der Waals surface area (Å²) in [6.07, 6.45) is 1.20. The Kier molecular flexibility index (Phi) is 4.01. The molecule has 0 spiro atoms. The van der Waals surface area contributed by atoms with Crippen LogP contribution in [0.1, 0.15) is 12.0 Å². The molecule has 19 heavy (non-hydrogen) atoms. The number of carbonyl (C=O) groups is 2. The molecule has 0 fully saturated rings. The molecule has 4 N–H and O–H groups in total. The molecule has 6 nitrogen and oxygen atoms in total. The normalized spacial score (nSPS) is 15.3. The fourth-order valence-electron chi connectivity index (χ4n) is 2.03. The zero-order valence-electron chi connectivity index (χ0n) is 10.7. The predicted octanol–water partition coefficient (Wildman–Crippen LogP) is 0.656. The summed E-state index contributed by atoms with van der Waals surface area (Å²) in [6.45, 7) is 0.303. The predicted molar refractivity (Wildman–Crippen MR) is 72.4 cm³/mol. The fraction of sp³-hybridized carbons (Fsp3) is 0.385. The van der Waals surface area contributed by atoms with Crippen LogP contribution >= 0.6 is 0 Å². The third-order valence-corrected chi connectivity index (χ3v) is 3.16. The van der Waals surface area contributed by atoms with Gasteiger partial charge in [0.15, 0.2) is 0 Å². The Balaban J connectivity index is 2.02. The second kappa shape index (κ2) is 5.71. The number of hydrogen-bond acceptors (Lipinski definition) is 4. The van der Waals surface area contributed by atoms with Gasteiger partial charge in [-0.2, -0.15) is 0 Å². The number of aryl methyl sites for hydroxylation is 1. The van der Waals surface area contributed by atoms with E-state index in [1.807, 2.05) is 18.2 Å². The number of aliphatic carboxylic acids is 1. The molecule has 1 atom stereocenters. The van der Waals surface area contributed by atoms with Crippen LogP contribution in [0.25, 0.3) is 0 Å². The van der Waals surface area contributed by atoms with Crippen LogP contribution in [-0.4, -0.2) is 36.6 Å². The number of anilines is 2. The van der Waals surface area contributed by atoms with Crippen LogP contribution in [0.3, 0.4) is 0 Å². The van der Waals surface area contributed by atoms with Gasteiger partial charge in [0.2, 0.25) is 5.91 Å². The first-order valence-electron chi connectivity index (χ1n) is 6.17. The van der Waals surface area contributed by atoms with Crippen LogP contribution in [0.5, 0.6) is 0 Å². The fourth-order valence-corrected chi connectivity index (χ4v) is 2.03. The van der Waals surface area contributed by atoms with E-state index >= 15 is 0 Å². The summed E-state index contributed by atoms with van der Waals surface area (Å²) in [6, 6.07) is 4.99. The van der Waals surface area contributed by atoms with Gasteiger partial charge >= 0.3 is 5.97 Å². The maximum absolute atomic E-state index is 11.2. The molecule has 2 rings (SSSR count). The summed E-state index contributed by atoms with van der Waals surface area (Å²) in [7, 11) is 1.61. The Morgan fingerprint density at radius 3 is 2.95 bits per heavy atom. The number of benzene rings is 1. The molecule has 0 saturated carbocycles. The second-order valence-corrected chi connectivity index (χ2v) is 4.48. The van der Waals surface area contributed by atoms with E-state index in [1.54, 1.807) is 7.05 Å². The van der Waals surface area contributed by atoms with E-state index in [9.17, 15) is 9.59 Å². The molecule has 6 heteroatoms. The first-order chi connectivity index (χ1) is 9.10. The van der Waals surface area contributed by atoms with Crippen LogP contribution in [-0.2, 0) is 16.0 Å². The maximum Gasteiger partial charge on any atom is 0.322 e. The molecule has 1 aromatic rings. The molecule has 1 heterocycles. The van der Waals surface area contributed by atoms with Gasteiger partial charge in [-0.3, -0.25) is 9.59 Å². The summed E-state index contributed by atoms with van der Waals surface area (Å²) in [5.41, 5.74) is 2.77. The smallest absolute Gasteiger partial charge is 0.322 e. The van der Waals surface area contributed by atoms with Gasteiger partial charge in [-0.1, -0.05) is 0 Å². The average Bonchev–Trinajstić information content (AvgIpc) is 2.39. The SMILES string of the molecule is CNC(CNc1ccc2c(c1)CCC(=O)N2)C(=O)O. The lowest BCUT2D eigenvalue weighted by atomic mass is 10.0. The molecule has 0 saturated heterocycles. The highest BCUT2D eigenvalue weighted by Gasteiger charge is 2.16. The first-order valence-corrected chi connectivity index (χ1v) is 6.17. The molecule has 0 aliphatic carbocycles. The monoisotopic (exact) mass is 263 g/mol. The van der Waals surface area contributed by atoms with E-state index in [2.05, 4.69) is 16.0 Å². The highest BCUT2D eigenvalue weighted by atomic mass is 16.4. The Labute approximate surface area is 111 Å². The number of hydrogen-bond donors (Lipinski definition) is 4. The molecular weight excluding hydrogens is 246 g/mol. The van der Waals surface area contributed by atoms with Crippen molar-refractivity contribution in [1.82, 2.24) is 5.32 Å². The number of nitrogens with one attached hydrogen (secondary N) is 3. The number of amides is 1. The van der Waals surface area contributed by atoms with Crippen molar-refractivity contribution >= 4 is 23.3 Å². The van der Waals surface area contributed by atoms with Gasteiger partial charge in [-0.05, 0) is 37.2 Å². The van der Waals surface area contributed by atoms with Gasteiger partial charge in [0.05, 0.1) is 0 Å². The highest BCUT2D eigenvalue weighted by molar-refractivity contribution is 5.94. The van der Waals surface area contributed by atoms with E-state index in [1.165, 1.54) is 0 Å². The topological polar surface area (TPSA) is 90.5 Å². The maximum atomic E-state index is 11.2. The largest absolute Gasteiger partial charge is 0.480 e.